The van der Waals surface area contributed by atoms with Gasteiger partial charge >= 0.3 is 0 Å². The summed E-state index contributed by atoms with van der Waals surface area (Å²) >= 11 is 0. The van der Waals surface area contributed by atoms with Crippen molar-refractivity contribution in [3.8, 4) is 11.5 Å². The summed E-state index contributed by atoms with van der Waals surface area (Å²) in [6.07, 6.45) is 5.49. The van der Waals surface area contributed by atoms with Gasteiger partial charge in [0.05, 0.1) is 7.11 Å². The number of carbonyl (C=O) groups is 2. The number of methoxy groups -OCH3 is 1. The summed E-state index contributed by atoms with van der Waals surface area (Å²) in [7, 11) is 1.61. The molecular formula is C26H34N2O4. The second kappa shape index (κ2) is 11.6. The number of ether oxygens (including phenoxy) is 2. The second-order valence-corrected chi connectivity index (χ2v) is 8.45. The van der Waals surface area contributed by atoms with Crippen LogP contribution in [0.2, 0.25) is 0 Å². The number of hydrogen-bond acceptors (Lipinski definition) is 4. The number of rotatable bonds is 9. The predicted octanol–water partition coefficient (Wildman–Crippen LogP) is 4.25. The van der Waals surface area contributed by atoms with Crippen molar-refractivity contribution in [3.05, 3.63) is 59.7 Å². The zero-order chi connectivity index (χ0) is 22.9. The van der Waals surface area contributed by atoms with Crippen molar-refractivity contribution in [3.63, 3.8) is 0 Å². The largest absolute Gasteiger partial charge is 0.497 e. The first-order valence-electron chi connectivity index (χ1n) is 11.4. The van der Waals surface area contributed by atoms with E-state index in [1.165, 1.54) is 6.42 Å². The van der Waals surface area contributed by atoms with Gasteiger partial charge in [-0.1, -0.05) is 49.6 Å². The quantitative estimate of drug-likeness (QED) is 0.636. The number of carbonyl (C=O) groups excluding carboxylic acids is 2. The molecule has 2 amide bonds. The molecule has 0 radical (unpaired) electrons. The van der Waals surface area contributed by atoms with Gasteiger partial charge in [0.25, 0.3) is 5.91 Å². The van der Waals surface area contributed by atoms with E-state index >= 15 is 0 Å². The van der Waals surface area contributed by atoms with Gasteiger partial charge < -0.3 is 19.7 Å². The summed E-state index contributed by atoms with van der Waals surface area (Å²) < 4.78 is 11.1. The Morgan fingerprint density at radius 1 is 1.09 bits per heavy atom. The highest BCUT2D eigenvalue weighted by Gasteiger charge is 2.28. The van der Waals surface area contributed by atoms with Crippen molar-refractivity contribution >= 4 is 11.8 Å². The number of amides is 2. The van der Waals surface area contributed by atoms with Crippen LogP contribution in [0.3, 0.4) is 0 Å². The standard InChI is InChI=1S/C26H34N2O4/c1-19-10-7-8-15-24(19)32-18-25(29)28(17-21-11-9-14-23(16-21)31-3)20(2)26(30)27-22-12-5-4-6-13-22/h7-11,14-16,20,22H,4-6,12-13,17-18H2,1-3H3,(H,27,30)/t20-/m0/s1. The van der Waals surface area contributed by atoms with Crippen LogP contribution < -0.4 is 14.8 Å². The van der Waals surface area contributed by atoms with Crippen molar-refractivity contribution in [1.82, 2.24) is 10.2 Å². The lowest BCUT2D eigenvalue weighted by atomic mass is 9.95. The molecule has 172 valence electrons. The van der Waals surface area contributed by atoms with Crippen LogP contribution in [-0.2, 0) is 16.1 Å². The van der Waals surface area contributed by atoms with Crippen LogP contribution in [0.25, 0.3) is 0 Å². The first-order valence-corrected chi connectivity index (χ1v) is 11.4. The molecule has 2 aromatic carbocycles. The summed E-state index contributed by atoms with van der Waals surface area (Å²) in [6.45, 7) is 3.89. The maximum atomic E-state index is 13.2. The van der Waals surface area contributed by atoms with E-state index < -0.39 is 6.04 Å². The van der Waals surface area contributed by atoms with Crippen LogP contribution in [-0.4, -0.2) is 42.5 Å². The van der Waals surface area contributed by atoms with E-state index in [4.69, 9.17) is 9.47 Å². The first kappa shape index (κ1) is 23.6. The molecule has 1 aliphatic carbocycles. The molecule has 6 nitrogen and oxygen atoms in total. The molecule has 1 N–H and O–H groups in total. The van der Waals surface area contributed by atoms with Gasteiger partial charge in [-0.2, -0.15) is 0 Å². The summed E-state index contributed by atoms with van der Waals surface area (Å²) in [6, 6.07) is 14.7. The third-order valence-corrected chi connectivity index (χ3v) is 6.05. The number of para-hydroxylation sites is 1. The van der Waals surface area contributed by atoms with E-state index in [0.29, 0.717) is 18.0 Å². The number of benzene rings is 2. The molecule has 0 aromatic heterocycles. The topological polar surface area (TPSA) is 67.9 Å². The average molecular weight is 439 g/mol. The van der Waals surface area contributed by atoms with Crippen LogP contribution >= 0.6 is 0 Å². The Bertz CT molecular complexity index is 908. The van der Waals surface area contributed by atoms with E-state index in [0.717, 1.165) is 36.8 Å². The lowest BCUT2D eigenvalue weighted by Crippen LogP contribution is -2.51. The Hall–Kier alpha value is -3.02. The smallest absolute Gasteiger partial charge is 0.261 e. The number of nitrogens with zero attached hydrogens (tertiary/aromatic N) is 1. The highest BCUT2D eigenvalue weighted by atomic mass is 16.5. The van der Waals surface area contributed by atoms with Crippen LogP contribution in [0.15, 0.2) is 48.5 Å². The molecule has 0 bridgehead atoms. The lowest BCUT2D eigenvalue weighted by Gasteiger charge is -2.31. The zero-order valence-electron chi connectivity index (χ0n) is 19.3. The molecule has 1 saturated carbocycles. The maximum Gasteiger partial charge on any atom is 0.261 e. The van der Waals surface area contributed by atoms with Crippen LogP contribution in [0.4, 0.5) is 0 Å². The van der Waals surface area contributed by atoms with Crippen molar-refractivity contribution in [1.29, 1.82) is 0 Å². The van der Waals surface area contributed by atoms with Crippen LogP contribution in [0, 0.1) is 6.92 Å². The van der Waals surface area contributed by atoms with Gasteiger partial charge in [0, 0.05) is 12.6 Å². The predicted molar refractivity (Wildman–Crippen MR) is 125 cm³/mol. The molecule has 0 aliphatic heterocycles. The Balaban J connectivity index is 1.73. The van der Waals surface area contributed by atoms with Gasteiger partial charge in [0.15, 0.2) is 6.61 Å². The third kappa shape index (κ3) is 6.49. The molecule has 1 fully saturated rings. The molecule has 32 heavy (non-hydrogen) atoms. The van der Waals surface area contributed by atoms with Crippen molar-refractivity contribution < 1.29 is 19.1 Å². The van der Waals surface area contributed by atoms with E-state index in [1.54, 1.807) is 18.9 Å². The number of nitrogens with one attached hydrogen (secondary N) is 1. The second-order valence-electron chi connectivity index (χ2n) is 8.45. The number of hydrogen-bond donors (Lipinski definition) is 1. The minimum atomic E-state index is -0.615. The Kier molecular flexibility index (Phi) is 8.54. The summed E-state index contributed by atoms with van der Waals surface area (Å²) in [5.41, 5.74) is 1.86. The Labute approximate surface area is 190 Å². The minimum Gasteiger partial charge on any atom is -0.497 e. The third-order valence-electron chi connectivity index (χ3n) is 6.05. The molecule has 6 heteroatoms. The molecule has 0 saturated heterocycles. The summed E-state index contributed by atoms with van der Waals surface area (Å²) in [5, 5.41) is 3.15. The summed E-state index contributed by atoms with van der Waals surface area (Å²) in [4.78, 5) is 27.8. The first-order chi connectivity index (χ1) is 15.5. The normalized spacial score (nSPS) is 15.0. The lowest BCUT2D eigenvalue weighted by molar-refractivity contribution is -0.142. The monoisotopic (exact) mass is 438 g/mol. The van der Waals surface area contributed by atoms with Crippen molar-refractivity contribution in [2.75, 3.05) is 13.7 Å². The van der Waals surface area contributed by atoms with Crippen LogP contribution in [0.1, 0.15) is 50.2 Å². The van der Waals surface area contributed by atoms with Crippen molar-refractivity contribution in [2.24, 2.45) is 0 Å². The highest BCUT2D eigenvalue weighted by molar-refractivity contribution is 5.88. The van der Waals surface area contributed by atoms with Gasteiger partial charge in [0.2, 0.25) is 5.91 Å². The summed E-state index contributed by atoms with van der Waals surface area (Å²) in [5.74, 6) is 1.03. The van der Waals surface area contributed by atoms with E-state index in [9.17, 15) is 9.59 Å². The fourth-order valence-electron chi connectivity index (χ4n) is 4.06. The van der Waals surface area contributed by atoms with Gasteiger partial charge in [-0.05, 0) is 56.0 Å². The fraction of sp³-hybridized carbons (Fsp3) is 0.462. The molecule has 2 aromatic rings. The number of aryl methyl sites for hydroxylation is 1. The van der Waals surface area contributed by atoms with Gasteiger partial charge in [-0.15, -0.1) is 0 Å². The van der Waals surface area contributed by atoms with E-state index in [2.05, 4.69) is 5.32 Å². The molecule has 0 unspecified atom stereocenters. The maximum absolute atomic E-state index is 13.2. The zero-order valence-corrected chi connectivity index (χ0v) is 19.3. The van der Waals surface area contributed by atoms with Gasteiger partial charge in [-0.25, -0.2) is 0 Å². The minimum absolute atomic E-state index is 0.121. The average Bonchev–Trinajstić information content (AvgIpc) is 2.82. The molecule has 1 atom stereocenters. The fourth-order valence-corrected chi connectivity index (χ4v) is 4.06. The van der Waals surface area contributed by atoms with Crippen molar-refractivity contribution in [2.45, 2.75) is 64.6 Å². The SMILES string of the molecule is COc1cccc(CN(C(=O)COc2ccccc2C)[C@@H](C)C(=O)NC2CCCCC2)c1. The molecule has 3 rings (SSSR count). The Morgan fingerprint density at radius 3 is 2.56 bits per heavy atom. The molecular weight excluding hydrogens is 404 g/mol. The molecule has 0 heterocycles. The molecule has 0 spiro atoms. The Morgan fingerprint density at radius 2 is 1.84 bits per heavy atom. The van der Waals surface area contributed by atoms with Gasteiger partial charge in [0.1, 0.15) is 17.5 Å². The molecule has 1 aliphatic rings. The van der Waals surface area contributed by atoms with E-state index in [1.807, 2.05) is 55.5 Å². The van der Waals surface area contributed by atoms with Gasteiger partial charge in [-0.3, -0.25) is 9.59 Å². The van der Waals surface area contributed by atoms with Crippen LogP contribution in [0.5, 0.6) is 11.5 Å². The highest BCUT2D eigenvalue weighted by Crippen LogP contribution is 2.20. The van der Waals surface area contributed by atoms with E-state index in [-0.39, 0.29) is 24.5 Å².